The molecule has 0 bridgehead atoms. The Kier molecular flexibility index (Phi) is 6.31. The van der Waals surface area contributed by atoms with Crippen molar-refractivity contribution < 1.29 is 18.2 Å². The lowest BCUT2D eigenvalue weighted by Crippen LogP contribution is -2.53. The summed E-state index contributed by atoms with van der Waals surface area (Å²) in [7, 11) is 0. The van der Waals surface area contributed by atoms with Crippen LogP contribution >= 0.6 is 0 Å². The highest BCUT2D eigenvalue weighted by Gasteiger charge is 2.41. The van der Waals surface area contributed by atoms with Gasteiger partial charge in [-0.3, -0.25) is 0 Å². The van der Waals surface area contributed by atoms with Crippen molar-refractivity contribution in [3.8, 4) is 56.3 Å². The second kappa shape index (κ2) is 11.8. The number of rotatable bonds is 3. The zero-order valence-corrected chi connectivity index (χ0v) is 32.0. The van der Waals surface area contributed by atoms with Crippen LogP contribution in [0.2, 0.25) is 0 Å². The molecule has 9 aromatic carbocycles. The first-order valence-electron chi connectivity index (χ1n) is 20.3. The van der Waals surface area contributed by atoms with Crippen molar-refractivity contribution in [2.24, 2.45) is 0 Å². The molecule has 0 spiro atoms. The van der Waals surface area contributed by atoms with Gasteiger partial charge in [-0.2, -0.15) is 0 Å². The maximum Gasteiger partial charge on any atom is 0.434 e. The zero-order valence-electron chi connectivity index (χ0n) is 32.0. The topological polar surface area (TPSA) is 49.7 Å². The normalized spacial score (nSPS) is 12.9. The van der Waals surface area contributed by atoms with Crippen LogP contribution in [0.1, 0.15) is 0 Å². The third-order valence-electron chi connectivity index (χ3n) is 12.7. The van der Waals surface area contributed by atoms with Gasteiger partial charge in [0.25, 0.3) is 0 Å². The third-order valence-corrected chi connectivity index (χ3v) is 12.7. The molecule has 60 heavy (non-hydrogen) atoms. The summed E-state index contributed by atoms with van der Waals surface area (Å²) >= 11 is 0. The summed E-state index contributed by atoms with van der Waals surface area (Å²) in [6, 6.07) is 64.1. The number of furan rings is 2. The zero-order chi connectivity index (χ0) is 39.1. The van der Waals surface area contributed by atoms with Crippen LogP contribution in [0.4, 0.5) is 0 Å². The smallest absolute Gasteiger partial charge is 0.434 e. The van der Waals surface area contributed by atoms with Crippen molar-refractivity contribution in [1.29, 1.82) is 0 Å². The minimum atomic E-state index is -0.341. The molecule has 0 saturated heterocycles. The van der Waals surface area contributed by atoms with E-state index in [0.29, 0.717) is 0 Å². The largest absolute Gasteiger partial charge is 0.551 e. The number of hydrogen-bond donors (Lipinski definition) is 0. The molecule has 0 amide bonds. The van der Waals surface area contributed by atoms with Gasteiger partial charge in [0, 0.05) is 54.5 Å². The molecule has 12 aromatic rings. The molecule has 0 saturated carbocycles. The summed E-state index contributed by atoms with van der Waals surface area (Å²) in [6.07, 6.45) is 0. The molecule has 5 heterocycles. The first-order chi connectivity index (χ1) is 29.7. The fraction of sp³-hybridized carbons (Fsp3) is 0. The Bertz CT molecular complexity index is 3740. The molecule has 278 valence electrons. The molecule has 0 N–H and O–H groups in total. The van der Waals surface area contributed by atoms with E-state index < -0.39 is 0 Å². The van der Waals surface area contributed by atoms with E-state index in [0.717, 1.165) is 111 Å². The number of aromatic nitrogens is 1. The standard InChI is InChI=1S/C54H30BNO4/c1-5-15-44-36(10-1)37-11-2-6-16-45(37)56(44)34-23-20-31(21-24-34)32-22-25-48-43(27-32)55-54-41(39-13-4-8-18-47(39)60-55)26-33(28-52(54)58-48)35-14-9-19-49-53(35)42-30-50-40(29-51(42)59-49)38-12-3-7-17-46(38)57-50/h1-30H. The number of fused-ring (bicyclic) bond motifs is 13. The Morgan fingerprint density at radius 1 is 0.383 bits per heavy atom. The summed E-state index contributed by atoms with van der Waals surface area (Å²) in [5.74, 6) is 2.44. The van der Waals surface area contributed by atoms with Crippen LogP contribution in [0.3, 0.4) is 0 Å². The van der Waals surface area contributed by atoms with E-state index in [4.69, 9.17) is 18.2 Å². The first kappa shape index (κ1) is 32.1. The second-order valence-electron chi connectivity index (χ2n) is 15.9. The lowest BCUT2D eigenvalue weighted by molar-refractivity contribution is 0.479. The van der Waals surface area contributed by atoms with Gasteiger partial charge in [-0.1, -0.05) is 109 Å². The molecule has 6 heteroatoms. The maximum absolute atomic E-state index is 6.93. The van der Waals surface area contributed by atoms with Crippen LogP contribution in [0.15, 0.2) is 191 Å². The molecular weight excluding hydrogens is 737 g/mol. The molecule has 5 nitrogen and oxygen atoms in total. The van der Waals surface area contributed by atoms with Crippen molar-refractivity contribution in [1.82, 2.24) is 4.57 Å². The first-order valence-corrected chi connectivity index (χ1v) is 20.3. The Balaban J connectivity index is 0.891. The average molecular weight is 768 g/mol. The summed E-state index contributed by atoms with van der Waals surface area (Å²) in [4.78, 5) is 0. The van der Waals surface area contributed by atoms with Crippen LogP contribution in [-0.2, 0) is 0 Å². The lowest BCUT2D eigenvalue weighted by Gasteiger charge is -2.33. The van der Waals surface area contributed by atoms with Crippen molar-refractivity contribution in [3.05, 3.63) is 182 Å². The van der Waals surface area contributed by atoms with Gasteiger partial charge in [0.2, 0.25) is 0 Å². The number of para-hydroxylation sites is 4. The minimum Gasteiger partial charge on any atom is -0.551 e. The number of ether oxygens (including phenoxy) is 1. The third kappa shape index (κ3) is 4.42. The van der Waals surface area contributed by atoms with E-state index in [-0.39, 0.29) is 6.92 Å². The van der Waals surface area contributed by atoms with E-state index in [9.17, 15) is 0 Å². The maximum atomic E-state index is 6.93. The predicted octanol–water partition coefficient (Wildman–Crippen LogP) is 13.2. The quantitative estimate of drug-likeness (QED) is 0.168. The molecule has 0 atom stereocenters. The molecule has 0 fully saturated rings. The molecule has 2 aliphatic heterocycles. The molecule has 2 aliphatic rings. The van der Waals surface area contributed by atoms with Gasteiger partial charge >= 0.3 is 6.92 Å². The van der Waals surface area contributed by atoms with Crippen molar-refractivity contribution in [2.75, 3.05) is 0 Å². The van der Waals surface area contributed by atoms with Gasteiger partial charge in [-0.05, 0) is 101 Å². The summed E-state index contributed by atoms with van der Waals surface area (Å²) < 4.78 is 29.1. The fourth-order valence-corrected chi connectivity index (χ4v) is 9.99. The predicted molar refractivity (Wildman–Crippen MR) is 244 cm³/mol. The summed E-state index contributed by atoms with van der Waals surface area (Å²) in [5, 5.41) is 6.70. The Labute approximate surface area is 343 Å². The van der Waals surface area contributed by atoms with Gasteiger partial charge in [0.15, 0.2) is 0 Å². The van der Waals surface area contributed by atoms with Gasteiger partial charge in [-0.25, -0.2) is 0 Å². The Hall–Kier alpha value is -7.96. The summed E-state index contributed by atoms with van der Waals surface area (Å²) in [6.45, 7) is -0.341. The highest BCUT2D eigenvalue weighted by Crippen LogP contribution is 2.45. The molecule has 0 aliphatic carbocycles. The van der Waals surface area contributed by atoms with Crippen LogP contribution in [0.25, 0.3) is 105 Å². The van der Waals surface area contributed by atoms with Crippen LogP contribution in [-0.4, -0.2) is 11.5 Å². The number of hydrogen-bond acceptors (Lipinski definition) is 4. The van der Waals surface area contributed by atoms with Crippen molar-refractivity contribution >= 4 is 83.5 Å². The van der Waals surface area contributed by atoms with E-state index in [1.54, 1.807) is 0 Å². The SMILES string of the molecule is c1ccc2c(c1)OB1c3cc(-c4ccc(-n5c6ccccc6c6ccccc65)cc4)ccc3Oc3cc(-c4cccc5oc6cc7c(cc6c45)oc4ccccc47)cc-2c31. The van der Waals surface area contributed by atoms with Crippen LogP contribution < -0.4 is 20.3 Å². The molecule has 0 radical (unpaired) electrons. The van der Waals surface area contributed by atoms with E-state index in [1.165, 1.54) is 21.8 Å². The molecular formula is C54H30BNO4. The highest BCUT2D eigenvalue weighted by molar-refractivity contribution is 6.84. The van der Waals surface area contributed by atoms with E-state index in [2.05, 4.69) is 156 Å². The van der Waals surface area contributed by atoms with Gasteiger partial charge < -0.3 is 22.8 Å². The summed E-state index contributed by atoms with van der Waals surface area (Å²) in [5.41, 5.74) is 15.4. The molecule has 0 unspecified atom stereocenters. The lowest BCUT2D eigenvalue weighted by atomic mass is 9.50. The van der Waals surface area contributed by atoms with Gasteiger partial charge in [-0.15, -0.1) is 0 Å². The van der Waals surface area contributed by atoms with Crippen molar-refractivity contribution in [3.63, 3.8) is 0 Å². The van der Waals surface area contributed by atoms with E-state index in [1.807, 2.05) is 30.3 Å². The average Bonchev–Trinajstić information content (AvgIpc) is 3.97. The van der Waals surface area contributed by atoms with Crippen molar-refractivity contribution in [2.45, 2.75) is 0 Å². The second-order valence-corrected chi connectivity index (χ2v) is 15.9. The number of nitrogens with zero attached hydrogens (tertiary/aromatic N) is 1. The van der Waals surface area contributed by atoms with Gasteiger partial charge in [0.1, 0.15) is 39.6 Å². The Morgan fingerprint density at radius 3 is 1.90 bits per heavy atom. The van der Waals surface area contributed by atoms with Crippen LogP contribution in [0.5, 0.6) is 17.2 Å². The monoisotopic (exact) mass is 767 g/mol. The molecule has 14 rings (SSSR count). The Morgan fingerprint density at radius 2 is 1.05 bits per heavy atom. The van der Waals surface area contributed by atoms with Gasteiger partial charge in [0.05, 0.1) is 11.0 Å². The minimum absolute atomic E-state index is 0.341. The van der Waals surface area contributed by atoms with E-state index >= 15 is 0 Å². The van der Waals surface area contributed by atoms with Crippen LogP contribution in [0, 0.1) is 0 Å². The highest BCUT2D eigenvalue weighted by atomic mass is 16.5. The number of benzene rings is 9. The fourth-order valence-electron chi connectivity index (χ4n) is 9.99. The molecule has 3 aromatic heterocycles.